The Bertz CT molecular complexity index is 845. The third-order valence-electron chi connectivity index (χ3n) is 4.66. The molecule has 2 atom stereocenters. The Labute approximate surface area is 163 Å². The molecule has 1 saturated carbocycles. The van der Waals surface area contributed by atoms with Gasteiger partial charge in [0.15, 0.2) is 0 Å². The zero-order valence-electron chi connectivity index (χ0n) is 15.4. The number of aliphatic carboxylic acids is 1. The normalized spacial score (nSPS) is 19.7. The first kappa shape index (κ1) is 19.6. The second-order valence-corrected chi connectivity index (χ2v) is 6.76. The van der Waals surface area contributed by atoms with Gasteiger partial charge < -0.3 is 20.3 Å². The fourth-order valence-electron chi connectivity index (χ4n) is 3.13. The zero-order valence-corrected chi connectivity index (χ0v) is 15.4. The van der Waals surface area contributed by atoms with E-state index in [1.54, 1.807) is 54.6 Å². The lowest BCUT2D eigenvalue weighted by Gasteiger charge is -2.28. The highest BCUT2D eigenvalue weighted by Gasteiger charge is 2.24. The highest BCUT2D eigenvalue weighted by Crippen LogP contribution is 2.24. The van der Waals surface area contributed by atoms with Crippen LogP contribution in [-0.4, -0.2) is 34.3 Å². The summed E-state index contributed by atoms with van der Waals surface area (Å²) in [6, 6.07) is 15.3. The Kier molecular flexibility index (Phi) is 6.45. The quantitative estimate of drug-likeness (QED) is 0.668. The van der Waals surface area contributed by atoms with Crippen molar-refractivity contribution in [2.75, 3.05) is 0 Å². The molecule has 0 radical (unpaired) electrons. The molecule has 146 valence electrons. The van der Waals surface area contributed by atoms with Crippen LogP contribution in [0.3, 0.4) is 0 Å². The highest BCUT2D eigenvalue weighted by atomic mass is 16.5. The van der Waals surface area contributed by atoms with Crippen molar-refractivity contribution < 1.29 is 24.5 Å². The summed E-state index contributed by atoms with van der Waals surface area (Å²) >= 11 is 0. The molecular formula is C22H23NO5. The summed E-state index contributed by atoms with van der Waals surface area (Å²) in [5.74, 6) is -1.09. The molecule has 0 heterocycles. The number of aliphatic hydroxyl groups is 1. The number of ether oxygens (including phenoxy) is 1. The van der Waals surface area contributed by atoms with Crippen LogP contribution in [0.1, 0.15) is 41.6 Å². The summed E-state index contributed by atoms with van der Waals surface area (Å²) in [6.07, 6.45) is 4.33. The highest BCUT2D eigenvalue weighted by molar-refractivity contribution is 6.02. The van der Waals surface area contributed by atoms with Crippen molar-refractivity contribution in [1.29, 1.82) is 0 Å². The van der Waals surface area contributed by atoms with Crippen LogP contribution in [0.5, 0.6) is 5.75 Å². The maximum atomic E-state index is 12.2. The molecule has 0 spiro atoms. The van der Waals surface area contributed by atoms with Crippen LogP contribution < -0.4 is 10.1 Å². The molecule has 0 aromatic heterocycles. The summed E-state index contributed by atoms with van der Waals surface area (Å²) in [4.78, 5) is 23.7. The largest absolute Gasteiger partial charge is 0.488 e. The number of benzene rings is 2. The Hall–Kier alpha value is -3.12. The van der Waals surface area contributed by atoms with Gasteiger partial charge in [-0.3, -0.25) is 4.79 Å². The van der Waals surface area contributed by atoms with E-state index in [2.05, 4.69) is 5.32 Å². The molecule has 28 heavy (non-hydrogen) atoms. The number of carbonyl (C=O) groups is 2. The lowest BCUT2D eigenvalue weighted by molar-refractivity contribution is -0.132. The molecule has 1 fully saturated rings. The fourth-order valence-corrected chi connectivity index (χ4v) is 3.13. The van der Waals surface area contributed by atoms with Crippen molar-refractivity contribution in [2.45, 2.75) is 37.9 Å². The monoisotopic (exact) mass is 381 g/mol. The van der Waals surface area contributed by atoms with Gasteiger partial charge in [0.05, 0.1) is 6.10 Å². The minimum atomic E-state index is -1.23. The number of amides is 1. The number of hydrogen-bond donors (Lipinski definition) is 3. The molecule has 6 heteroatoms. The number of carboxylic acids is 1. The van der Waals surface area contributed by atoms with E-state index >= 15 is 0 Å². The second kappa shape index (κ2) is 9.19. The average molecular weight is 381 g/mol. The van der Waals surface area contributed by atoms with Crippen molar-refractivity contribution in [2.24, 2.45) is 0 Å². The molecule has 2 aromatic carbocycles. The Morgan fingerprint density at radius 1 is 1.00 bits per heavy atom. The SMILES string of the molecule is O=C(O)C(=Cc1ccc(OC2CCCCC2O)cc1)NC(=O)c1ccccc1. The van der Waals surface area contributed by atoms with E-state index < -0.39 is 18.0 Å². The van der Waals surface area contributed by atoms with Crippen LogP contribution in [0.2, 0.25) is 0 Å². The first-order valence-electron chi connectivity index (χ1n) is 9.29. The summed E-state index contributed by atoms with van der Waals surface area (Å²) in [5.41, 5.74) is 0.775. The van der Waals surface area contributed by atoms with Crippen molar-refractivity contribution in [3.05, 3.63) is 71.4 Å². The van der Waals surface area contributed by atoms with E-state index in [0.29, 0.717) is 16.9 Å². The van der Waals surface area contributed by atoms with Crippen molar-refractivity contribution >= 4 is 18.0 Å². The average Bonchev–Trinajstić information content (AvgIpc) is 2.71. The minimum Gasteiger partial charge on any atom is -0.488 e. The third kappa shape index (κ3) is 5.20. The van der Waals surface area contributed by atoms with Gasteiger partial charge in [-0.25, -0.2) is 4.79 Å². The van der Waals surface area contributed by atoms with Gasteiger partial charge in [-0.1, -0.05) is 36.8 Å². The third-order valence-corrected chi connectivity index (χ3v) is 4.66. The van der Waals surface area contributed by atoms with Gasteiger partial charge in [-0.2, -0.15) is 0 Å². The molecule has 3 rings (SSSR count). The van der Waals surface area contributed by atoms with E-state index in [1.165, 1.54) is 6.08 Å². The van der Waals surface area contributed by atoms with Crippen LogP contribution in [0.4, 0.5) is 0 Å². The van der Waals surface area contributed by atoms with Gasteiger partial charge in [0.2, 0.25) is 0 Å². The number of nitrogens with one attached hydrogen (secondary N) is 1. The molecule has 1 aliphatic rings. The summed E-state index contributed by atoms with van der Waals surface area (Å²) < 4.78 is 5.84. The first-order chi connectivity index (χ1) is 13.5. The molecule has 2 aromatic rings. The molecule has 2 unspecified atom stereocenters. The van der Waals surface area contributed by atoms with Crippen molar-refractivity contribution in [1.82, 2.24) is 5.32 Å². The zero-order chi connectivity index (χ0) is 19.9. The Morgan fingerprint density at radius 3 is 2.32 bits per heavy atom. The predicted molar refractivity (Wildman–Crippen MR) is 105 cm³/mol. The Balaban J connectivity index is 1.69. The van der Waals surface area contributed by atoms with Gasteiger partial charge in [-0.05, 0) is 55.2 Å². The summed E-state index contributed by atoms with van der Waals surface area (Å²) in [7, 11) is 0. The summed E-state index contributed by atoms with van der Waals surface area (Å²) in [5, 5.41) is 21.8. The Morgan fingerprint density at radius 2 is 1.68 bits per heavy atom. The van der Waals surface area contributed by atoms with E-state index in [-0.39, 0.29) is 11.8 Å². The number of hydrogen-bond acceptors (Lipinski definition) is 4. The standard InChI is InChI=1S/C22H23NO5/c24-19-8-4-5-9-20(19)28-17-12-10-15(11-13-17)14-18(22(26)27)23-21(25)16-6-2-1-3-7-16/h1-3,6-7,10-14,19-20,24H,4-5,8-9H2,(H,23,25)(H,26,27). The summed E-state index contributed by atoms with van der Waals surface area (Å²) in [6.45, 7) is 0. The van der Waals surface area contributed by atoms with Crippen molar-refractivity contribution in [3.8, 4) is 5.75 Å². The molecule has 1 aliphatic carbocycles. The van der Waals surface area contributed by atoms with Gasteiger partial charge in [0.1, 0.15) is 17.6 Å². The maximum absolute atomic E-state index is 12.2. The van der Waals surface area contributed by atoms with Crippen molar-refractivity contribution in [3.63, 3.8) is 0 Å². The molecule has 0 saturated heterocycles. The van der Waals surface area contributed by atoms with Gasteiger partial charge in [0, 0.05) is 5.56 Å². The van der Waals surface area contributed by atoms with Crippen LogP contribution in [-0.2, 0) is 4.79 Å². The molecular weight excluding hydrogens is 358 g/mol. The topological polar surface area (TPSA) is 95.9 Å². The lowest BCUT2D eigenvalue weighted by Crippen LogP contribution is -2.34. The van der Waals surface area contributed by atoms with Crippen LogP contribution >= 0.6 is 0 Å². The fraction of sp³-hybridized carbons (Fsp3) is 0.273. The molecule has 6 nitrogen and oxygen atoms in total. The molecule has 0 bridgehead atoms. The second-order valence-electron chi connectivity index (χ2n) is 6.76. The van der Waals surface area contributed by atoms with Gasteiger partial charge >= 0.3 is 5.97 Å². The van der Waals surface area contributed by atoms with E-state index in [1.807, 2.05) is 0 Å². The van der Waals surface area contributed by atoms with Crippen LogP contribution in [0, 0.1) is 0 Å². The van der Waals surface area contributed by atoms with Crippen LogP contribution in [0.25, 0.3) is 6.08 Å². The number of rotatable bonds is 6. The van der Waals surface area contributed by atoms with E-state index in [4.69, 9.17) is 4.74 Å². The van der Waals surface area contributed by atoms with Crippen LogP contribution in [0.15, 0.2) is 60.3 Å². The van der Waals surface area contributed by atoms with E-state index in [0.717, 1.165) is 25.7 Å². The number of carboxylic acid groups (broad SMARTS) is 1. The molecule has 3 N–H and O–H groups in total. The van der Waals surface area contributed by atoms with Gasteiger partial charge in [0.25, 0.3) is 5.91 Å². The predicted octanol–water partition coefficient (Wildman–Crippen LogP) is 3.22. The first-order valence-corrected chi connectivity index (χ1v) is 9.29. The minimum absolute atomic E-state index is 0.213. The maximum Gasteiger partial charge on any atom is 0.352 e. The molecule has 1 amide bonds. The smallest absolute Gasteiger partial charge is 0.352 e. The van der Waals surface area contributed by atoms with E-state index in [9.17, 15) is 19.8 Å². The molecule has 0 aliphatic heterocycles. The lowest BCUT2D eigenvalue weighted by atomic mass is 9.95. The van der Waals surface area contributed by atoms with Gasteiger partial charge in [-0.15, -0.1) is 0 Å². The number of carbonyl (C=O) groups excluding carboxylic acids is 1. The number of aliphatic hydroxyl groups excluding tert-OH is 1.